The molecule has 4 rings (SSSR count). The van der Waals surface area contributed by atoms with Gasteiger partial charge >= 0.3 is 0 Å². The second-order valence-corrected chi connectivity index (χ2v) is 13.2. The van der Waals surface area contributed by atoms with Gasteiger partial charge in [-0.1, -0.05) is 41.7 Å². The van der Waals surface area contributed by atoms with Crippen LogP contribution in [0.4, 0.5) is 0 Å². The molecule has 2 fully saturated rings. The quantitative estimate of drug-likeness (QED) is 0.715. The van der Waals surface area contributed by atoms with Crippen LogP contribution in [0.5, 0.6) is 0 Å². The summed E-state index contributed by atoms with van der Waals surface area (Å²) in [6.07, 6.45) is 1.98. The lowest BCUT2D eigenvalue weighted by Crippen LogP contribution is -2.43. The fourth-order valence-corrected chi connectivity index (χ4v) is 9.23. The molecular formula is C18H21N4OPS2. The Balaban J connectivity index is 1.67. The lowest BCUT2D eigenvalue weighted by Gasteiger charge is -2.39. The summed E-state index contributed by atoms with van der Waals surface area (Å²) < 4.78 is 12.8. The maximum Gasteiger partial charge on any atom is 0.200 e. The zero-order valence-corrected chi connectivity index (χ0v) is 17.0. The first-order chi connectivity index (χ1) is 12.7. The predicted octanol–water partition coefficient (Wildman–Crippen LogP) is 3.76. The maximum atomic E-state index is 9.82. The van der Waals surface area contributed by atoms with Crippen molar-refractivity contribution in [1.82, 2.24) is 9.57 Å². The maximum absolute atomic E-state index is 9.82. The molecule has 8 heteroatoms. The van der Waals surface area contributed by atoms with E-state index in [2.05, 4.69) is 39.9 Å². The first kappa shape index (κ1) is 18.1. The van der Waals surface area contributed by atoms with Crippen LogP contribution in [0.2, 0.25) is 0 Å². The first-order valence-corrected chi connectivity index (χ1v) is 13.1. The summed E-state index contributed by atoms with van der Waals surface area (Å²) in [6.45, 7) is 3.82. The van der Waals surface area contributed by atoms with Crippen LogP contribution in [-0.4, -0.2) is 48.3 Å². The van der Waals surface area contributed by atoms with Crippen LogP contribution < -0.4 is 0 Å². The third-order valence-electron chi connectivity index (χ3n) is 4.80. The monoisotopic (exact) mass is 404 g/mol. The van der Waals surface area contributed by atoms with E-state index in [0.29, 0.717) is 13.2 Å². The average Bonchev–Trinajstić information content (AvgIpc) is 3.19. The van der Waals surface area contributed by atoms with Crippen LogP contribution in [0.3, 0.4) is 0 Å². The summed E-state index contributed by atoms with van der Waals surface area (Å²) in [7, 11) is 0. The fraction of sp³-hybridized carbons (Fsp3) is 0.444. The molecule has 5 nitrogen and oxygen atoms in total. The van der Waals surface area contributed by atoms with E-state index in [0.717, 1.165) is 55.3 Å². The number of ether oxygens (including phenoxy) is 1. The minimum atomic E-state index is -2.18. The molecule has 0 aliphatic carbocycles. The molecule has 1 aromatic rings. The van der Waals surface area contributed by atoms with E-state index in [1.807, 2.05) is 6.07 Å². The largest absolute Gasteiger partial charge is 0.378 e. The highest BCUT2D eigenvalue weighted by molar-refractivity contribution is 8.69. The molecule has 2 saturated heterocycles. The van der Waals surface area contributed by atoms with Gasteiger partial charge in [-0.05, 0) is 30.2 Å². The standard InChI is InChI=1S/C18H21N4OPS2/c19-13-16-17-7-4-8-22(17)24(25,26-14-15-5-2-1-3-6-15)20-18(16)21-9-11-23-12-10-21/h1-3,5-6H,4,7-12,14H2/t24-/m0/s1. The SMILES string of the molecule is N#CC1=C2CCCN2[P@@](=S)(SCc2ccccc2)N=C1N1CCOCC1. The Morgan fingerprint density at radius 3 is 2.73 bits per heavy atom. The van der Waals surface area contributed by atoms with Gasteiger partial charge in [0.15, 0.2) is 11.4 Å². The van der Waals surface area contributed by atoms with Gasteiger partial charge in [-0.3, -0.25) is 0 Å². The Morgan fingerprint density at radius 2 is 2.00 bits per heavy atom. The molecule has 0 spiro atoms. The molecule has 0 radical (unpaired) electrons. The molecule has 3 aliphatic rings. The summed E-state index contributed by atoms with van der Waals surface area (Å²) >= 11 is 7.92. The lowest BCUT2D eigenvalue weighted by molar-refractivity contribution is 0.0683. The molecule has 3 heterocycles. The smallest absolute Gasteiger partial charge is 0.200 e. The zero-order chi connectivity index (χ0) is 18.0. The van der Waals surface area contributed by atoms with E-state index in [1.165, 1.54) is 5.56 Å². The van der Waals surface area contributed by atoms with E-state index >= 15 is 0 Å². The number of hydrogen-bond donors (Lipinski definition) is 0. The minimum absolute atomic E-state index is 0.677. The van der Waals surface area contributed by atoms with Gasteiger partial charge in [0.05, 0.1) is 13.2 Å². The molecule has 0 N–H and O–H groups in total. The van der Waals surface area contributed by atoms with Crippen molar-refractivity contribution in [3.05, 3.63) is 47.2 Å². The van der Waals surface area contributed by atoms with Crippen LogP contribution in [0.15, 0.2) is 46.4 Å². The lowest BCUT2D eigenvalue weighted by atomic mass is 10.1. The number of morpholine rings is 1. The number of amidine groups is 1. The highest BCUT2D eigenvalue weighted by atomic mass is 32.9. The van der Waals surface area contributed by atoms with Crippen molar-refractivity contribution in [3.8, 4) is 6.07 Å². The van der Waals surface area contributed by atoms with E-state index in [-0.39, 0.29) is 0 Å². The molecule has 0 aromatic heterocycles. The molecule has 0 bridgehead atoms. The molecular weight excluding hydrogens is 383 g/mol. The highest BCUT2D eigenvalue weighted by Crippen LogP contribution is 2.69. The Labute approximate surface area is 163 Å². The second-order valence-electron chi connectivity index (χ2n) is 6.43. The van der Waals surface area contributed by atoms with Crippen molar-refractivity contribution in [2.75, 3.05) is 32.8 Å². The molecule has 0 unspecified atom stereocenters. The summed E-state index contributed by atoms with van der Waals surface area (Å²) in [5, 5.41) is 9.82. The van der Waals surface area contributed by atoms with Gasteiger partial charge in [0.25, 0.3) is 0 Å². The van der Waals surface area contributed by atoms with Crippen molar-refractivity contribution in [2.24, 2.45) is 4.76 Å². The predicted molar refractivity (Wildman–Crippen MR) is 110 cm³/mol. The van der Waals surface area contributed by atoms with Gasteiger partial charge in [0.2, 0.25) is 0 Å². The molecule has 26 heavy (non-hydrogen) atoms. The summed E-state index contributed by atoms with van der Waals surface area (Å²) in [4.78, 5) is 2.19. The van der Waals surface area contributed by atoms with E-state index in [4.69, 9.17) is 21.3 Å². The van der Waals surface area contributed by atoms with Crippen LogP contribution in [0.1, 0.15) is 18.4 Å². The molecule has 1 atom stereocenters. The van der Waals surface area contributed by atoms with Gasteiger partial charge < -0.3 is 14.3 Å². The third-order valence-corrected chi connectivity index (χ3v) is 11.1. The number of benzene rings is 1. The van der Waals surface area contributed by atoms with Gasteiger partial charge in [0, 0.05) is 31.1 Å². The molecule has 0 amide bonds. The van der Waals surface area contributed by atoms with E-state index in [1.54, 1.807) is 11.4 Å². The van der Waals surface area contributed by atoms with Crippen molar-refractivity contribution < 1.29 is 4.74 Å². The normalized spacial score (nSPS) is 25.7. The van der Waals surface area contributed by atoms with Crippen LogP contribution in [0, 0.1) is 11.3 Å². The summed E-state index contributed by atoms with van der Waals surface area (Å²) in [5.74, 6) is 1.66. The van der Waals surface area contributed by atoms with Crippen molar-refractivity contribution in [3.63, 3.8) is 0 Å². The number of nitriles is 1. The number of allylic oxidation sites excluding steroid dienone is 1. The molecule has 1 aromatic carbocycles. The van der Waals surface area contributed by atoms with Gasteiger partial charge in [0.1, 0.15) is 11.6 Å². The Kier molecular flexibility index (Phi) is 5.37. The van der Waals surface area contributed by atoms with Crippen molar-refractivity contribution in [2.45, 2.75) is 18.6 Å². The fourth-order valence-electron chi connectivity index (χ4n) is 3.49. The Morgan fingerprint density at radius 1 is 1.23 bits per heavy atom. The topological polar surface area (TPSA) is 51.9 Å². The number of fused-ring (bicyclic) bond motifs is 1. The highest BCUT2D eigenvalue weighted by Gasteiger charge is 2.40. The number of hydrogen-bond acceptors (Lipinski definition) is 5. The summed E-state index contributed by atoms with van der Waals surface area (Å²) in [6, 6.07) is 12.8. The van der Waals surface area contributed by atoms with E-state index < -0.39 is 5.54 Å². The van der Waals surface area contributed by atoms with Crippen LogP contribution in [-0.2, 0) is 22.3 Å². The molecule has 0 saturated carbocycles. The van der Waals surface area contributed by atoms with Crippen LogP contribution in [0.25, 0.3) is 0 Å². The minimum Gasteiger partial charge on any atom is -0.378 e. The van der Waals surface area contributed by atoms with Crippen LogP contribution >= 0.6 is 16.9 Å². The zero-order valence-electron chi connectivity index (χ0n) is 14.5. The Hall–Kier alpha value is -1.32. The number of rotatable bonds is 3. The van der Waals surface area contributed by atoms with Crippen molar-refractivity contribution >= 4 is 34.6 Å². The Bertz CT molecular complexity index is 827. The molecule has 136 valence electrons. The average molecular weight is 405 g/mol. The first-order valence-electron chi connectivity index (χ1n) is 8.84. The number of nitrogens with zero attached hydrogens (tertiary/aromatic N) is 4. The second kappa shape index (κ2) is 7.74. The van der Waals surface area contributed by atoms with Crippen molar-refractivity contribution in [1.29, 1.82) is 5.26 Å². The van der Waals surface area contributed by atoms with E-state index in [9.17, 15) is 5.26 Å². The van der Waals surface area contributed by atoms with Gasteiger partial charge in [-0.25, -0.2) is 4.76 Å². The van der Waals surface area contributed by atoms with Gasteiger partial charge in [-0.2, -0.15) is 5.26 Å². The molecule has 3 aliphatic heterocycles. The third kappa shape index (κ3) is 3.44. The summed E-state index contributed by atoms with van der Waals surface area (Å²) in [5.41, 5.74) is 0.934. The van der Waals surface area contributed by atoms with Gasteiger partial charge in [-0.15, -0.1) is 0 Å².